The van der Waals surface area contributed by atoms with Gasteiger partial charge in [0.15, 0.2) is 5.13 Å². The van der Waals surface area contributed by atoms with Gasteiger partial charge < -0.3 is 0 Å². The third-order valence-electron chi connectivity index (χ3n) is 3.63. The molecule has 9 heteroatoms. The van der Waals surface area contributed by atoms with Crippen molar-refractivity contribution in [3.63, 3.8) is 0 Å². The van der Waals surface area contributed by atoms with Crippen LogP contribution in [0.5, 0.6) is 0 Å². The van der Waals surface area contributed by atoms with Crippen molar-refractivity contribution < 1.29 is 13.2 Å². The Balaban J connectivity index is 1.69. The fraction of sp³-hybridized carbons (Fsp3) is 0.111. The fourth-order valence-electron chi connectivity index (χ4n) is 2.16. The smallest absolute Gasteiger partial charge is 0.250 e. The second-order valence-corrected chi connectivity index (χ2v) is 9.52. The van der Waals surface area contributed by atoms with Crippen LogP contribution < -0.4 is 5.32 Å². The lowest BCUT2D eigenvalue weighted by Gasteiger charge is -2.11. The molecule has 1 amide bonds. The molecule has 0 aliphatic rings. The van der Waals surface area contributed by atoms with Gasteiger partial charge in [-0.25, -0.2) is 17.7 Å². The van der Waals surface area contributed by atoms with E-state index in [-0.39, 0.29) is 10.8 Å². The number of rotatable bonds is 6. The summed E-state index contributed by atoms with van der Waals surface area (Å²) in [5, 5.41) is 8.92. The van der Waals surface area contributed by atoms with Crippen LogP contribution in [-0.4, -0.2) is 37.7 Å². The van der Waals surface area contributed by atoms with Gasteiger partial charge >= 0.3 is 0 Å². The van der Waals surface area contributed by atoms with E-state index in [0.717, 1.165) is 11.1 Å². The molecule has 0 radical (unpaired) electrons. The van der Waals surface area contributed by atoms with E-state index in [1.54, 1.807) is 41.7 Å². The van der Waals surface area contributed by atoms with Crippen LogP contribution in [0.1, 0.15) is 5.56 Å². The van der Waals surface area contributed by atoms with Crippen LogP contribution in [0, 0.1) is 0 Å². The summed E-state index contributed by atoms with van der Waals surface area (Å²) >= 11 is 2.88. The molecule has 0 fully saturated rings. The van der Waals surface area contributed by atoms with Crippen molar-refractivity contribution >= 4 is 49.8 Å². The van der Waals surface area contributed by atoms with Gasteiger partial charge in [0.2, 0.25) is 15.9 Å². The quantitative estimate of drug-likeness (QED) is 0.617. The molecule has 0 saturated heterocycles. The second-order valence-electron chi connectivity index (χ2n) is 5.73. The maximum atomic E-state index is 12.1. The molecule has 140 valence electrons. The maximum absolute atomic E-state index is 12.1. The van der Waals surface area contributed by atoms with E-state index in [1.165, 1.54) is 35.8 Å². The highest BCUT2D eigenvalue weighted by Crippen LogP contribution is 2.26. The van der Waals surface area contributed by atoms with Gasteiger partial charge in [-0.05, 0) is 40.6 Å². The average Bonchev–Trinajstić information content (AvgIpc) is 3.32. The van der Waals surface area contributed by atoms with Gasteiger partial charge in [0.1, 0.15) is 0 Å². The molecule has 0 bridgehead atoms. The third kappa shape index (κ3) is 4.69. The minimum absolute atomic E-state index is 0.221. The van der Waals surface area contributed by atoms with E-state index in [0.29, 0.717) is 10.8 Å². The first-order chi connectivity index (χ1) is 12.9. The molecule has 0 aliphatic heterocycles. The van der Waals surface area contributed by atoms with Gasteiger partial charge in [0, 0.05) is 31.1 Å². The minimum Gasteiger partial charge on any atom is -0.298 e. The Kier molecular flexibility index (Phi) is 5.85. The normalized spacial score (nSPS) is 12.0. The Hall–Kier alpha value is -2.33. The molecule has 0 atom stereocenters. The number of benzene rings is 1. The number of nitrogens with zero attached hydrogens (tertiary/aromatic N) is 2. The Bertz CT molecular complexity index is 1050. The number of carbonyl (C=O) groups is 1. The van der Waals surface area contributed by atoms with E-state index in [4.69, 9.17) is 0 Å². The standard InChI is InChI=1S/C18H17N3O3S3/c1-21(2)27(23,24)15-6-4-14(5-7-15)16-12-26-18(19-16)20-17(22)8-3-13-9-10-25-11-13/h3-12H,1-2H3,(H,19,20,22). The van der Waals surface area contributed by atoms with Gasteiger partial charge in [0.05, 0.1) is 10.6 Å². The highest BCUT2D eigenvalue weighted by atomic mass is 32.2. The number of hydrogen-bond donors (Lipinski definition) is 1. The molecule has 3 aromatic rings. The fourth-order valence-corrected chi connectivity index (χ4v) is 4.41. The summed E-state index contributed by atoms with van der Waals surface area (Å²) in [6.07, 6.45) is 3.20. The lowest BCUT2D eigenvalue weighted by atomic mass is 10.2. The molecule has 0 spiro atoms. The van der Waals surface area contributed by atoms with E-state index in [2.05, 4.69) is 10.3 Å². The second kappa shape index (κ2) is 8.13. The van der Waals surface area contributed by atoms with Crippen molar-refractivity contribution in [1.82, 2.24) is 9.29 Å². The molecule has 3 rings (SSSR count). The zero-order valence-corrected chi connectivity index (χ0v) is 17.1. The predicted molar refractivity (Wildman–Crippen MR) is 110 cm³/mol. The predicted octanol–water partition coefficient (Wildman–Crippen LogP) is 3.77. The number of carbonyl (C=O) groups excluding carboxylic acids is 1. The molecule has 0 aliphatic carbocycles. The van der Waals surface area contributed by atoms with E-state index in [9.17, 15) is 13.2 Å². The molecule has 2 aromatic heterocycles. The molecular formula is C18H17N3O3S3. The Labute approximate surface area is 165 Å². The summed E-state index contributed by atoms with van der Waals surface area (Å²) in [4.78, 5) is 16.6. The number of anilines is 1. The number of thiophene rings is 1. The van der Waals surface area contributed by atoms with Crippen LogP contribution >= 0.6 is 22.7 Å². The van der Waals surface area contributed by atoms with Crippen LogP contribution in [0.2, 0.25) is 0 Å². The summed E-state index contributed by atoms with van der Waals surface area (Å²) in [5.41, 5.74) is 2.42. The van der Waals surface area contributed by atoms with Crippen LogP contribution in [0.4, 0.5) is 5.13 Å². The molecule has 2 heterocycles. The van der Waals surface area contributed by atoms with Crippen molar-refractivity contribution in [1.29, 1.82) is 0 Å². The molecule has 0 saturated carbocycles. The minimum atomic E-state index is -3.46. The number of aromatic nitrogens is 1. The van der Waals surface area contributed by atoms with Crippen molar-refractivity contribution in [2.24, 2.45) is 0 Å². The first-order valence-electron chi connectivity index (χ1n) is 7.86. The highest BCUT2D eigenvalue weighted by Gasteiger charge is 2.17. The molecule has 6 nitrogen and oxygen atoms in total. The van der Waals surface area contributed by atoms with Crippen molar-refractivity contribution in [2.75, 3.05) is 19.4 Å². The van der Waals surface area contributed by atoms with Crippen LogP contribution in [0.3, 0.4) is 0 Å². The summed E-state index contributed by atoms with van der Waals surface area (Å²) in [5.74, 6) is -0.255. The third-order valence-corrected chi connectivity index (χ3v) is 6.92. The highest BCUT2D eigenvalue weighted by molar-refractivity contribution is 7.89. The summed E-state index contributed by atoms with van der Waals surface area (Å²) in [6, 6.07) is 8.43. The number of thiazole rings is 1. The van der Waals surface area contributed by atoms with Crippen LogP contribution in [0.25, 0.3) is 17.3 Å². The van der Waals surface area contributed by atoms with Crippen molar-refractivity contribution in [3.05, 3.63) is 58.1 Å². The van der Waals surface area contributed by atoms with Crippen LogP contribution in [0.15, 0.2) is 57.4 Å². The molecule has 0 unspecified atom stereocenters. The topological polar surface area (TPSA) is 79.4 Å². The zero-order valence-electron chi connectivity index (χ0n) is 14.6. The van der Waals surface area contributed by atoms with Crippen molar-refractivity contribution in [2.45, 2.75) is 4.90 Å². The lowest BCUT2D eigenvalue weighted by Crippen LogP contribution is -2.22. The van der Waals surface area contributed by atoms with Crippen molar-refractivity contribution in [3.8, 4) is 11.3 Å². The van der Waals surface area contributed by atoms with E-state index < -0.39 is 10.0 Å². The van der Waals surface area contributed by atoms with Gasteiger partial charge in [-0.1, -0.05) is 12.1 Å². The SMILES string of the molecule is CN(C)S(=O)(=O)c1ccc(-c2csc(NC(=O)C=Cc3ccsc3)n2)cc1. The van der Waals surface area contributed by atoms with Gasteiger partial charge in [-0.15, -0.1) is 11.3 Å². The Morgan fingerprint density at radius 2 is 1.89 bits per heavy atom. The zero-order chi connectivity index (χ0) is 19.4. The monoisotopic (exact) mass is 419 g/mol. The summed E-state index contributed by atoms with van der Waals surface area (Å²) < 4.78 is 25.4. The Morgan fingerprint density at radius 3 is 2.52 bits per heavy atom. The summed E-state index contributed by atoms with van der Waals surface area (Å²) in [6.45, 7) is 0. The molecular weight excluding hydrogens is 402 g/mol. The number of nitrogens with one attached hydrogen (secondary N) is 1. The first-order valence-corrected chi connectivity index (χ1v) is 11.1. The van der Waals surface area contributed by atoms with E-state index >= 15 is 0 Å². The summed E-state index contributed by atoms with van der Waals surface area (Å²) in [7, 11) is -0.477. The number of hydrogen-bond acceptors (Lipinski definition) is 6. The van der Waals surface area contributed by atoms with E-state index in [1.807, 2.05) is 22.2 Å². The Morgan fingerprint density at radius 1 is 1.15 bits per heavy atom. The molecule has 27 heavy (non-hydrogen) atoms. The van der Waals surface area contributed by atoms with Crippen LogP contribution in [-0.2, 0) is 14.8 Å². The first kappa shape index (κ1) is 19.4. The average molecular weight is 420 g/mol. The van der Waals surface area contributed by atoms with Gasteiger partial charge in [-0.3, -0.25) is 10.1 Å². The number of sulfonamides is 1. The largest absolute Gasteiger partial charge is 0.298 e. The number of amides is 1. The molecule has 1 N–H and O–H groups in total. The maximum Gasteiger partial charge on any atom is 0.250 e. The van der Waals surface area contributed by atoms with Gasteiger partial charge in [0.25, 0.3) is 0 Å². The molecule has 1 aromatic carbocycles. The van der Waals surface area contributed by atoms with Gasteiger partial charge in [-0.2, -0.15) is 11.3 Å². The lowest BCUT2D eigenvalue weighted by molar-refractivity contribution is -0.111.